The van der Waals surface area contributed by atoms with Crippen LogP contribution in [-0.2, 0) is 16.0 Å². The molecule has 0 amide bonds. The average Bonchev–Trinajstić information content (AvgIpc) is 2.87. The highest BCUT2D eigenvalue weighted by molar-refractivity contribution is 5.82. The first-order valence-electron chi connectivity index (χ1n) is 13.6. The fourth-order valence-corrected chi connectivity index (χ4v) is 4.83. The predicted octanol–water partition coefficient (Wildman–Crippen LogP) is 8.58. The average molecular weight is 462 g/mol. The second kappa shape index (κ2) is 14.8. The van der Waals surface area contributed by atoms with Crippen molar-refractivity contribution in [2.24, 2.45) is 0 Å². The molecule has 1 aliphatic rings. The van der Waals surface area contributed by atoms with Crippen molar-refractivity contribution in [3.05, 3.63) is 65.9 Å². The molecule has 0 N–H and O–H groups in total. The maximum atomic E-state index is 12.1. The number of nitrogens with zero attached hydrogens (tertiary/aromatic N) is 1. The van der Waals surface area contributed by atoms with Gasteiger partial charge in [-0.15, -0.1) is 0 Å². The molecule has 2 aromatic rings. The van der Waals surface area contributed by atoms with Crippen molar-refractivity contribution < 1.29 is 9.53 Å². The van der Waals surface area contributed by atoms with Crippen molar-refractivity contribution in [2.75, 3.05) is 0 Å². The minimum absolute atomic E-state index is 0.0628. The molecule has 0 spiro atoms. The zero-order chi connectivity index (χ0) is 24.0. The van der Waals surface area contributed by atoms with Crippen molar-refractivity contribution in [3.63, 3.8) is 0 Å². The Morgan fingerprint density at radius 3 is 2.32 bits per heavy atom. The van der Waals surface area contributed by atoms with Gasteiger partial charge in [-0.3, -0.25) is 4.98 Å². The highest BCUT2D eigenvalue weighted by atomic mass is 16.5. The lowest BCUT2D eigenvalue weighted by Crippen LogP contribution is -2.23. The van der Waals surface area contributed by atoms with E-state index in [2.05, 4.69) is 50.2 Å². The molecular formula is C31H43NO2. The molecule has 3 rings (SSSR count). The molecule has 1 heterocycles. The van der Waals surface area contributed by atoms with E-state index in [1.54, 1.807) is 6.08 Å². The van der Waals surface area contributed by atoms with Gasteiger partial charge in [0.05, 0.1) is 5.69 Å². The number of allylic oxidation sites excluding steroid dienone is 1. The maximum Gasteiger partial charge on any atom is 0.330 e. The summed E-state index contributed by atoms with van der Waals surface area (Å²) in [6, 6.07) is 13.3. The van der Waals surface area contributed by atoms with Gasteiger partial charge in [-0.1, -0.05) is 82.4 Å². The minimum Gasteiger partial charge on any atom is -0.459 e. The molecule has 0 atom stereocenters. The van der Waals surface area contributed by atoms with E-state index >= 15 is 0 Å². The van der Waals surface area contributed by atoms with Crippen LogP contribution in [0.15, 0.2) is 54.7 Å². The summed E-state index contributed by atoms with van der Waals surface area (Å²) in [5.74, 6) is 0.374. The Morgan fingerprint density at radius 2 is 1.65 bits per heavy atom. The van der Waals surface area contributed by atoms with Gasteiger partial charge in [0.1, 0.15) is 6.10 Å². The van der Waals surface area contributed by atoms with E-state index in [4.69, 9.17) is 9.72 Å². The number of aromatic nitrogens is 1. The maximum absolute atomic E-state index is 12.1. The number of hydrogen-bond donors (Lipinski definition) is 0. The van der Waals surface area contributed by atoms with E-state index < -0.39 is 0 Å². The molecule has 1 aromatic heterocycles. The SMILES string of the molecule is CCCCCC/C=C/C(=O)OC1CCC(c2ccc(-c3ccc(CCCCC)cn3)cc2)CC1. The highest BCUT2D eigenvalue weighted by Crippen LogP contribution is 2.35. The van der Waals surface area contributed by atoms with E-state index in [9.17, 15) is 4.79 Å². The standard InChI is InChI=1S/C31H43NO2/c1-3-5-7-8-9-11-13-31(33)34-29-21-19-27(20-22-29)26-15-17-28(18-16-26)30-23-14-25(24-32-30)12-10-6-4-2/h11,13-18,23-24,27,29H,3-10,12,19-22H2,1-2H3/b13-11+. The van der Waals surface area contributed by atoms with Gasteiger partial charge in [0, 0.05) is 17.8 Å². The first-order chi connectivity index (χ1) is 16.7. The number of esters is 1. The van der Waals surface area contributed by atoms with Crippen molar-refractivity contribution >= 4 is 5.97 Å². The first kappa shape index (κ1) is 26.2. The Bertz CT molecular complexity index is 861. The van der Waals surface area contributed by atoms with Crippen LogP contribution in [0.5, 0.6) is 0 Å². The van der Waals surface area contributed by atoms with Crippen LogP contribution in [0, 0.1) is 0 Å². The summed E-state index contributed by atoms with van der Waals surface area (Å²) in [6.45, 7) is 4.45. The number of carbonyl (C=O) groups excluding carboxylic acids is 1. The number of hydrogen-bond acceptors (Lipinski definition) is 3. The molecule has 184 valence electrons. The molecule has 34 heavy (non-hydrogen) atoms. The van der Waals surface area contributed by atoms with Crippen molar-refractivity contribution in [1.82, 2.24) is 4.98 Å². The summed E-state index contributed by atoms with van der Waals surface area (Å²) in [7, 11) is 0. The van der Waals surface area contributed by atoms with Gasteiger partial charge < -0.3 is 4.74 Å². The number of benzene rings is 1. The van der Waals surface area contributed by atoms with E-state index in [-0.39, 0.29) is 12.1 Å². The Balaban J connectivity index is 1.41. The zero-order valence-corrected chi connectivity index (χ0v) is 21.3. The van der Waals surface area contributed by atoms with Crippen molar-refractivity contribution in [2.45, 2.75) is 109 Å². The van der Waals surface area contributed by atoms with Gasteiger partial charge >= 0.3 is 5.97 Å². The van der Waals surface area contributed by atoms with Gasteiger partial charge in [-0.2, -0.15) is 0 Å². The fourth-order valence-electron chi connectivity index (χ4n) is 4.83. The number of unbranched alkanes of at least 4 members (excludes halogenated alkanes) is 6. The third-order valence-electron chi connectivity index (χ3n) is 7.01. The molecule has 0 bridgehead atoms. The third-order valence-corrected chi connectivity index (χ3v) is 7.01. The zero-order valence-electron chi connectivity index (χ0n) is 21.3. The third kappa shape index (κ3) is 8.74. The number of pyridine rings is 1. The minimum atomic E-state index is -0.174. The van der Waals surface area contributed by atoms with E-state index in [1.807, 2.05) is 12.3 Å². The second-order valence-electron chi connectivity index (χ2n) is 9.79. The second-order valence-corrected chi connectivity index (χ2v) is 9.79. The van der Waals surface area contributed by atoms with Crippen LogP contribution in [0.25, 0.3) is 11.3 Å². The van der Waals surface area contributed by atoms with Gasteiger partial charge in [0.2, 0.25) is 0 Å². The summed E-state index contributed by atoms with van der Waals surface area (Å²) in [4.78, 5) is 16.8. The van der Waals surface area contributed by atoms with E-state index in [1.165, 1.54) is 55.2 Å². The lowest BCUT2D eigenvalue weighted by Gasteiger charge is -2.28. The van der Waals surface area contributed by atoms with Crippen LogP contribution >= 0.6 is 0 Å². The molecule has 1 saturated carbocycles. The van der Waals surface area contributed by atoms with Crippen molar-refractivity contribution in [3.8, 4) is 11.3 Å². The van der Waals surface area contributed by atoms with Gasteiger partial charge in [0.25, 0.3) is 0 Å². The topological polar surface area (TPSA) is 39.2 Å². The molecule has 0 aliphatic heterocycles. The largest absolute Gasteiger partial charge is 0.459 e. The molecule has 0 saturated heterocycles. The van der Waals surface area contributed by atoms with Crippen LogP contribution in [0.3, 0.4) is 0 Å². The first-order valence-corrected chi connectivity index (χ1v) is 13.6. The molecular weight excluding hydrogens is 418 g/mol. The highest BCUT2D eigenvalue weighted by Gasteiger charge is 2.24. The molecule has 1 aliphatic carbocycles. The monoisotopic (exact) mass is 461 g/mol. The summed E-state index contributed by atoms with van der Waals surface area (Å²) < 4.78 is 5.69. The predicted molar refractivity (Wildman–Crippen MR) is 142 cm³/mol. The normalized spacial score (nSPS) is 18.3. The van der Waals surface area contributed by atoms with Crippen LogP contribution < -0.4 is 0 Å². The number of carbonyl (C=O) groups is 1. The van der Waals surface area contributed by atoms with Crippen LogP contribution in [0.1, 0.15) is 108 Å². The van der Waals surface area contributed by atoms with Gasteiger partial charge in [-0.05, 0) is 74.5 Å². The molecule has 3 heteroatoms. The number of aryl methyl sites for hydroxylation is 1. The Morgan fingerprint density at radius 1 is 0.912 bits per heavy atom. The molecule has 3 nitrogen and oxygen atoms in total. The fraction of sp³-hybridized carbons (Fsp3) is 0.548. The summed E-state index contributed by atoms with van der Waals surface area (Å²) in [5.41, 5.74) is 4.93. The van der Waals surface area contributed by atoms with Crippen LogP contribution in [0.2, 0.25) is 0 Å². The van der Waals surface area contributed by atoms with Gasteiger partial charge in [-0.25, -0.2) is 4.79 Å². The quantitative estimate of drug-likeness (QED) is 0.170. The summed E-state index contributed by atoms with van der Waals surface area (Å²) in [6.07, 6.45) is 20.5. The molecule has 0 unspecified atom stereocenters. The van der Waals surface area contributed by atoms with E-state index in [0.717, 1.165) is 50.6 Å². The van der Waals surface area contributed by atoms with E-state index in [0.29, 0.717) is 5.92 Å². The lowest BCUT2D eigenvalue weighted by atomic mass is 9.82. The molecule has 0 radical (unpaired) electrons. The Kier molecular flexibility index (Phi) is 11.4. The smallest absolute Gasteiger partial charge is 0.330 e. The van der Waals surface area contributed by atoms with Crippen LogP contribution in [0.4, 0.5) is 0 Å². The van der Waals surface area contributed by atoms with Crippen molar-refractivity contribution in [1.29, 1.82) is 0 Å². The summed E-state index contributed by atoms with van der Waals surface area (Å²) in [5, 5.41) is 0. The molecule has 1 aromatic carbocycles. The number of ether oxygens (including phenoxy) is 1. The Labute approximate surface area is 207 Å². The number of rotatable bonds is 13. The Hall–Kier alpha value is -2.42. The van der Waals surface area contributed by atoms with Gasteiger partial charge in [0.15, 0.2) is 0 Å². The summed E-state index contributed by atoms with van der Waals surface area (Å²) >= 11 is 0. The lowest BCUT2D eigenvalue weighted by molar-refractivity contribution is -0.144. The van der Waals surface area contributed by atoms with Crippen LogP contribution in [-0.4, -0.2) is 17.1 Å². The molecule has 1 fully saturated rings.